The molecule has 0 atom stereocenters. The van der Waals surface area contributed by atoms with Crippen molar-refractivity contribution in [1.29, 1.82) is 0 Å². The average Bonchev–Trinajstić information content (AvgIpc) is 3.40. The Hall–Kier alpha value is -3.71. The van der Waals surface area contributed by atoms with E-state index in [1.54, 1.807) is 37.7 Å². The quantitative estimate of drug-likeness (QED) is 0.119. The van der Waals surface area contributed by atoms with Gasteiger partial charge in [-0.05, 0) is 73.3 Å². The third kappa shape index (κ3) is 7.37. The van der Waals surface area contributed by atoms with Gasteiger partial charge in [-0.3, -0.25) is 14.8 Å². The van der Waals surface area contributed by atoms with Gasteiger partial charge in [0.2, 0.25) is 0 Å². The zero-order valence-corrected chi connectivity index (χ0v) is 25.6. The fraction of sp³-hybridized carbons (Fsp3) is 0.242. The van der Waals surface area contributed by atoms with Gasteiger partial charge in [0.1, 0.15) is 18.7 Å². The molecule has 0 aliphatic carbocycles. The third-order valence-electron chi connectivity index (χ3n) is 6.76. The molecular formula is C33H33FN3O3PS. The van der Waals surface area contributed by atoms with Crippen LogP contribution in [0.3, 0.4) is 0 Å². The summed E-state index contributed by atoms with van der Waals surface area (Å²) in [5.74, 6) is -0.0209. The fourth-order valence-electron chi connectivity index (χ4n) is 4.58. The molecule has 6 nitrogen and oxygen atoms in total. The number of aromatic nitrogens is 2. The second kappa shape index (κ2) is 13.1. The van der Waals surface area contributed by atoms with Crippen LogP contribution in [0.25, 0.3) is 20.8 Å². The summed E-state index contributed by atoms with van der Waals surface area (Å²) >= 11 is 1.49. The van der Waals surface area contributed by atoms with E-state index in [4.69, 9.17) is 4.74 Å². The maximum absolute atomic E-state index is 15.1. The largest absolute Gasteiger partial charge is 0.453 e. The van der Waals surface area contributed by atoms with Crippen LogP contribution in [0.2, 0.25) is 0 Å². The summed E-state index contributed by atoms with van der Waals surface area (Å²) in [5.41, 5.74) is 4.07. The second-order valence-corrected chi connectivity index (χ2v) is 14.9. The Kier molecular flexibility index (Phi) is 9.27. The van der Waals surface area contributed by atoms with Gasteiger partial charge in [-0.2, -0.15) is 0 Å². The monoisotopic (exact) mass is 601 g/mol. The van der Waals surface area contributed by atoms with Gasteiger partial charge in [-0.1, -0.05) is 37.3 Å². The van der Waals surface area contributed by atoms with Crippen LogP contribution in [-0.2, 0) is 28.7 Å². The zero-order chi connectivity index (χ0) is 29.7. The number of ketones is 1. The number of carbonyl (C=O) groups excluding carboxylic acids is 1. The number of Topliss-reactive ketones (excluding diaryl/α,β-unsaturated/α-hetero) is 1. The number of nitrogens with one attached hydrogen (secondary N) is 1. The van der Waals surface area contributed by atoms with Gasteiger partial charge in [-0.25, -0.2) is 4.39 Å². The predicted octanol–water partition coefficient (Wildman–Crippen LogP) is 7.39. The van der Waals surface area contributed by atoms with Gasteiger partial charge in [-0.15, -0.1) is 11.3 Å². The molecular weight excluding hydrogens is 568 g/mol. The fourth-order valence-corrected chi connectivity index (χ4v) is 6.54. The Labute approximate surface area is 249 Å². The predicted molar refractivity (Wildman–Crippen MR) is 169 cm³/mol. The van der Waals surface area contributed by atoms with Crippen LogP contribution in [0.4, 0.5) is 4.39 Å². The highest BCUT2D eigenvalue weighted by Crippen LogP contribution is 2.39. The molecule has 42 heavy (non-hydrogen) atoms. The summed E-state index contributed by atoms with van der Waals surface area (Å²) in [6.07, 6.45) is 4.88. The Morgan fingerprint density at radius 3 is 2.45 bits per heavy atom. The van der Waals surface area contributed by atoms with E-state index in [0.717, 1.165) is 56.7 Å². The molecule has 0 aliphatic rings. The summed E-state index contributed by atoms with van der Waals surface area (Å²) < 4.78 is 34.3. The van der Waals surface area contributed by atoms with Crippen LogP contribution in [-0.4, -0.2) is 35.6 Å². The smallest absolute Gasteiger partial charge is 0.166 e. The number of halogens is 1. The summed E-state index contributed by atoms with van der Waals surface area (Å²) in [5, 5.41) is 4.12. The van der Waals surface area contributed by atoms with Crippen molar-refractivity contribution in [2.24, 2.45) is 0 Å². The third-order valence-corrected chi connectivity index (χ3v) is 9.44. The summed E-state index contributed by atoms with van der Waals surface area (Å²) in [6.45, 7) is 7.29. The van der Waals surface area contributed by atoms with E-state index in [1.165, 1.54) is 17.4 Å². The van der Waals surface area contributed by atoms with Crippen molar-refractivity contribution in [3.8, 4) is 22.1 Å². The molecule has 0 aliphatic heterocycles. The van der Waals surface area contributed by atoms with Crippen molar-refractivity contribution in [3.05, 3.63) is 102 Å². The molecule has 0 spiro atoms. The highest BCUT2D eigenvalue weighted by molar-refractivity contribution is 7.70. The van der Waals surface area contributed by atoms with E-state index >= 15 is 4.39 Å². The first kappa shape index (κ1) is 29.8. The van der Waals surface area contributed by atoms with Gasteiger partial charge in [0.25, 0.3) is 0 Å². The first-order valence-corrected chi connectivity index (χ1v) is 17.3. The van der Waals surface area contributed by atoms with Gasteiger partial charge >= 0.3 is 0 Å². The number of hydrogen-bond acceptors (Lipinski definition) is 7. The minimum atomic E-state index is -2.42. The summed E-state index contributed by atoms with van der Waals surface area (Å²) in [7, 11) is -2.42. The lowest BCUT2D eigenvalue weighted by Gasteiger charge is -2.10. The number of hydrogen-bond donors (Lipinski definition) is 1. The van der Waals surface area contributed by atoms with Crippen molar-refractivity contribution in [1.82, 2.24) is 15.3 Å². The minimum absolute atomic E-state index is 0.0527. The maximum atomic E-state index is 15.1. The zero-order valence-electron chi connectivity index (χ0n) is 23.9. The molecule has 0 fully saturated rings. The minimum Gasteiger partial charge on any atom is -0.453 e. The average molecular weight is 602 g/mol. The first-order valence-electron chi connectivity index (χ1n) is 13.9. The van der Waals surface area contributed by atoms with Crippen molar-refractivity contribution in [3.63, 3.8) is 0 Å². The van der Waals surface area contributed by atoms with Crippen molar-refractivity contribution in [2.45, 2.75) is 32.7 Å². The second-order valence-electron chi connectivity index (χ2n) is 10.6. The molecule has 5 aromatic rings. The molecule has 0 radical (unpaired) electrons. The lowest BCUT2D eigenvalue weighted by Crippen LogP contribution is -2.13. The van der Waals surface area contributed by atoms with Gasteiger partial charge < -0.3 is 14.6 Å². The lowest BCUT2D eigenvalue weighted by atomic mass is 10.0. The van der Waals surface area contributed by atoms with E-state index in [-0.39, 0.29) is 24.4 Å². The molecule has 0 saturated carbocycles. The lowest BCUT2D eigenvalue weighted by molar-refractivity contribution is -0.117. The number of pyridine rings is 2. The SMILES string of the molecule is CCCNCc1ccc(-c2cc3nccc(Oc4ccc(CC(=O)Cc5cccc(P(C)(C)=O)c5)cc4F)c3s2)nc1. The number of thiophene rings is 1. The van der Waals surface area contributed by atoms with Crippen LogP contribution in [0.15, 0.2) is 79.1 Å². The van der Waals surface area contributed by atoms with Crippen LogP contribution in [0.1, 0.15) is 30.0 Å². The molecule has 2 aromatic carbocycles. The highest BCUT2D eigenvalue weighted by atomic mass is 32.1. The highest BCUT2D eigenvalue weighted by Gasteiger charge is 2.16. The number of carbonyl (C=O) groups is 1. The number of benzene rings is 2. The molecule has 216 valence electrons. The molecule has 5 rings (SSSR count). The number of fused-ring (bicyclic) bond motifs is 1. The maximum Gasteiger partial charge on any atom is 0.166 e. The van der Waals surface area contributed by atoms with E-state index in [2.05, 4.69) is 28.3 Å². The molecule has 1 N–H and O–H groups in total. The molecule has 0 bridgehead atoms. The van der Waals surface area contributed by atoms with Crippen molar-refractivity contribution < 1.29 is 18.5 Å². The first-order chi connectivity index (χ1) is 20.2. The Balaban J connectivity index is 1.27. The molecule has 0 saturated heterocycles. The van der Waals surface area contributed by atoms with Gasteiger partial charge in [0.05, 0.1) is 20.8 Å². The normalized spacial score (nSPS) is 11.6. The molecule has 3 heterocycles. The van der Waals surface area contributed by atoms with Crippen LogP contribution in [0.5, 0.6) is 11.5 Å². The van der Waals surface area contributed by atoms with Crippen molar-refractivity contribution >= 4 is 39.8 Å². The van der Waals surface area contributed by atoms with Gasteiger partial charge in [0, 0.05) is 43.2 Å². The van der Waals surface area contributed by atoms with E-state index in [0.29, 0.717) is 11.3 Å². The number of ether oxygens (including phenoxy) is 1. The topological polar surface area (TPSA) is 81.2 Å². The van der Waals surface area contributed by atoms with Gasteiger partial charge in [0.15, 0.2) is 11.6 Å². The van der Waals surface area contributed by atoms with E-state index < -0.39 is 13.0 Å². The standard InChI is InChI=1S/C33H33FN3O3PS/c1-4-13-35-20-24-8-10-28(37-21-24)32-19-29-33(42-32)31(12-14-36-29)40-30-11-9-23(18-27(30)34)16-25(38)15-22-6-5-7-26(17-22)41(2,3)39/h5-12,14,17-19,21,35H,4,13,15-16,20H2,1-3H3. The van der Waals surface area contributed by atoms with E-state index in [9.17, 15) is 9.36 Å². The molecule has 0 amide bonds. The molecule has 3 aromatic heterocycles. The molecule has 0 unspecified atom stereocenters. The Morgan fingerprint density at radius 1 is 0.952 bits per heavy atom. The Morgan fingerprint density at radius 2 is 1.74 bits per heavy atom. The van der Waals surface area contributed by atoms with Crippen LogP contribution < -0.4 is 15.4 Å². The van der Waals surface area contributed by atoms with Crippen molar-refractivity contribution in [2.75, 3.05) is 19.9 Å². The number of nitrogens with zero attached hydrogens (tertiary/aromatic N) is 2. The Bertz CT molecular complexity index is 1760. The van der Waals surface area contributed by atoms with Crippen LogP contribution in [0, 0.1) is 5.82 Å². The summed E-state index contributed by atoms with van der Waals surface area (Å²) in [6, 6.07) is 19.6. The summed E-state index contributed by atoms with van der Waals surface area (Å²) in [4.78, 5) is 22.8. The van der Waals surface area contributed by atoms with E-state index in [1.807, 2.05) is 42.6 Å². The number of rotatable bonds is 12. The molecule has 9 heteroatoms. The van der Waals surface area contributed by atoms with Crippen LogP contribution >= 0.6 is 18.5 Å².